The van der Waals surface area contributed by atoms with Gasteiger partial charge < -0.3 is 15.4 Å². The van der Waals surface area contributed by atoms with Crippen LogP contribution >= 0.6 is 24.8 Å². The van der Waals surface area contributed by atoms with Crippen LogP contribution in [0.5, 0.6) is 5.75 Å². The summed E-state index contributed by atoms with van der Waals surface area (Å²) < 4.78 is 45.7. The number of nitrogens with one attached hydrogen (secondary N) is 2. The molecule has 4 rings (SSSR count). The highest BCUT2D eigenvalue weighted by molar-refractivity contribution is 5.85. The molecule has 7 nitrogen and oxygen atoms in total. The summed E-state index contributed by atoms with van der Waals surface area (Å²) in [7, 11) is 1.54. The largest absolute Gasteiger partial charge is 0.496 e. The number of rotatable bonds is 6. The lowest BCUT2D eigenvalue weighted by Crippen LogP contribution is -2.45. The number of aromatic nitrogens is 4. The fourth-order valence-corrected chi connectivity index (χ4v) is 3.97. The van der Waals surface area contributed by atoms with Gasteiger partial charge in [-0.3, -0.25) is 0 Å². The van der Waals surface area contributed by atoms with Gasteiger partial charge in [0.15, 0.2) is 0 Å². The van der Waals surface area contributed by atoms with Crippen molar-refractivity contribution in [1.29, 1.82) is 0 Å². The Bertz CT molecular complexity index is 1020. The molecule has 0 unspecified atom stereocenters. The minimum absolute atomic E-state index is 0. The highest BCUT2D eigenvalue weighted by Gasteiger charge is 2.38. The summed E-state index contributed by atoms with van der Waals surface area (Å²) in [6.45, 7) is 2.20. The zero-order valence-electron chi connectivity index (χ0n) is 17.7. The molecule has 33 heavy (non-hydrogen) atoms. The van der Waals surface area contributed by atoms with Gasteiger partial charge in [0.05, 0.1) is 12.8 Å². The molecule has 0 spiro atoms. The molecule has 0 saturated carbocycles. The molecular formula is C21H25Cl2F3N6O. The normalized spacial score (nSPS) is 18.2. The highest BCUT2D eigenvalue weighted by Crippen LogP contribution is 2.30. The molecule has 180 valence electrons. The standard InChI is InChI=1S/C21H23F3N6O.2ClH/c1-31-19-8-7-16(30-20(21(22,23)24)27-28-29-30)11-15(19)12-26-18-9-10-25-13-17(18)14-5-3-2-4-6-14;;/h2-8,11,17-18,25-26H,9-10,12-13H2,1H3;2*1H/t17-,18+;;/m0../s1. The van der Waals surface area contributed by atoms with Crippen LogP contribution in [0, 0.1) is 0 Å². The molecule has 1 aliphatic heterocycles. The Balaban J connectivity index is 0.00000193. The lowest BCUT2D eigenvalue weighted by molar-refractivity contribution is -0.146. The van der Waals surface area contributed by atoms with Gasteiger partial charge in [-0.25, -0.2) is 0 Å². The van der Waals surface area contributed by atoms with Gasteiger partial charge in [0.25, 0.3) is 5.82 Å². The summed E-state index contributed by atoms with van der Waals surface area (Å²) in [5.41, 5.74) is 2.20. The molecule has 2 N–H and O–H groups in total. The van der Waals surface area contributed by atoms with Crippen LogP contribution in [0.1, 0.15) is 29.3 Å². The van der Waals surface area contributed by atoms with Crippen LogP contribution in [0.4, 0.5) is 13.2 Å². The average molecular weight is 505 g/mol. The summed E-state index contributed by atoms with van der Waals surface area (Å²) in [6, 6.07) is 15.2. The minimum Gasteiger partial charge on any atom is -0.496 e. The summed E-state index contributed by atoms with van der Waals surface area (Å²) in [4.78, 5) is 0. The van der Waals surface area contributed by atoms with Gasteiger partial charge in [-0.15, -0.1) is 29.9 Å². The van der Waals surface area contributed by atoms with E-state index in [0.29, 0.717) is 22.9 Å². The molecule has 0 bridgehead atoms. The van der Waals surface area contributed by atoms with E-state index in [9.17, 15) is 13.2 Å². The Kier molecular flexibility index (Phi) is 9.47. The molecule has 0 amide bonds. The van der Waals surface area contributed by atoms with Crippen LogP contribution in [-0.4, -0.2) is 46.4 Å². The van der Waals surface area contributed by atoms with Crippen molar-refractivity contribution in [3.05, 3.63) is 65.5 Å². The van der Waals surface area contributed by atoms with Crippen molar-refractivity contribution in [2.24, 2.45) is 0 Å². The molecular weight excluding hydrogens is 480 g/mol. The third kappa shape index (κ3) is 6.14. The van der Waals surface area contributed by atoms with Gasteiger partial charge in [-0.2, -0.15) is 17.9 Å². The number of methoxy groups -OCH3 is 1. The summed E-state index contributed by atoms with van der Waals surface area (Å²) >= 11 is 0. The average Bonchev–Trinajstić information content (AvgIpc) is 3.29. The topological polar surface area (TPSA) is 76.9 Å². The van der Waals surface area contributed by atoms with E-state index in [1.807, 2.05) is 18.2 Å². The Morgan fingerprint density at radius 2 is 1.91 bits per heavy atom. The summed E-state index contributed by atoms with van der Waals surface area (Å²) in [5, 5.41) is 16.8. The Hall–Kier alpha value is -2.40. The van der Waals surface area contributed by atoms with E-state index in [4.69, 9.17) is 4.74 Å². The molecule has 2 atom stereocenters. The van der Waals surface area contributed by atoms with Gasteiger partial charge in [-0.1, -0.05) is 30.3 Å². The molecule has 1 aliphatic rings. The second-order valence-corrected chi connectivity index (χ2v) is 7.41. The van der Waals surface area contributed by atoms with Crippen LogP contribution in [0.3, 0.4) is 0 Å². The second kappa shape index (κ2) is 11.6. The van der Waals surface area contributed by atoms with Crippen molar-refractivity contribution >= 4 is 24.8 Å². The summed E-state index contributed by atoms with van der Waals surface area (Å²) in [5.74, 6) is -0.289. The van der Waals surface area contributed by atoms with E-state index in [-0.39, 0.29) is 36.5 Å². The number of ether oxygens (including phenoxy) is 1. The number of hydrogen-bond acceptors (Lipinski definition) is 6. The lowest BCUT2D eigenvalue weighted by atomic mass is 9.87. The van der Waals surface area contributed by atoms with Crippen LogP contribution in [0.25, 0.3) is 5.69 Å². The van der Waals surface area contributed by atoms with Gasteiger partial charge in [0.2, 0.25) is 0 Å². The van der Waals surface area contributed by atoms with E-state index < -0.39 is 12.0 Å². The van der Waals surface area contributed by atoms with Gasteiger partial charge in [-0.05, 0) is 47.2 Å². The van der Waals surface area contributed by atoms with Crippen LogP contribution < -0.4 is 15.4 Å². The zero-order valence-corrected chi connectivity index (χ0v) is 19.4. The molecule has 3 aromatic rings. The number of piperidine rings is 1. The molecule has 1 aromatic heterocycles. The van der Waals surface area contributed by atoms with Crippen LogP contribution in [-0.2, 0) is 12.7 Å². The molecule has 2 heterocycles. The van der Waals surface area contributed by atoms with Crippen molar-refractivity contribution in [3.8, 4) is 11.4 Å². The number of nitrogens with zero attached hydrogens (tertiary/aromatic N) is 4. The van der Waals surface area contributed by atoms with E-state index in [1.165, 1.54) is 18.7 Å². The fraction of sp³-hybridized carbons (Fsp3) is 0.381. The van der Waals surface area contributed by atoms with Crippen molar-refractivity contribution in [2.75, 3.05) is 20.2 Å². The van der Waals surface area contributed by atoms with Crippen molar-refractivity contribution in [1.82, 2.24) is 30.8 Å². The molecule has 1 saturated heterocycles. The maximum absolute atomic E-state index is 13.2. The van der Waals surface area contributed by atoms with Gasteiger partial charge in [0.1, 0.15) is 5.75 Å². The van der Waals surface area contributed by atoms with E-state index in [1.54, 1.807) is 12.1 Å². The molecule has 0 radical (unpaired) electrons. The Labute approximate surface area is 201 Å². The fourth-order valence-electron chi connectivity index (χ4n) is 3.97. The Morgan fingerprint density at radius 1 is 1.15 bits per heavy atom. The van der Waals surface area contributed by atoms with E-state index in [2.05, 4.69) is 38.3 Å². The SMILES string of the molecule is COc1ccc(-n2nnnc2C(F)(F)F)cc1CN[C@@H]1CCNC[C@H]1c1ccccc1.Cl.Cl. The predicted molar refractivity (Wildman–Crippen MR) is 123 cm³/mol. The predicted octanol–water partition coefficient (Wildman–Crippen LogP) is 3.77. The lowest BCUT2D eigenvalue weighted by Gasteiger charge is -2.33. The molecule has 1 fully saturated rings. The quantitative estimate of drug-likeness (QED) is 0.532. The van der Waals surface area contributed by atoms with Crippen molar-refractivity contribution in [2.45, 2.75) is 31.1 Å². The number of hydrogen-bond donors (Lipinski definition) is 2. The van der Waals surface area contributed by atoms with Crippen molar-refractivity contribution < 1.29 is 17.9 Å². The van der Waals surface area contributed by atoms with Crippen LogP contribution in [0.2, 0.25) is 0 Å². The minimum atomic E-state index is -4.65. The first-order valence-corrected chi connectivity index (χ1v) is 9.99. The number of alkyl halides is 3. The monoisotopic (exact) mass is 504 g/mol. The molecule has 2 aromatic carbocycles. The van der Waals surface area contributed by atoms with E-state index >= 15 is 0 Å². The molecule has 0 aliphatic carbocycles. The van der Waals surface area contributed by atoms with Gasteiger partial charge in [0, 0.05) is 30.6 Å². The van der Waals surface area contributed by atoms with Gasteiger partial charge >= 0.3 is 6.18 Å². The second-order valence-electron chi connectivity index (χ2n) is 7.41. The Morgan fingerprint density at radius 3 is 2.61 bits per heavy atom. The summed E-state index contributed by atoms with van der Waals surface area (Å²) in [6.07, 6.45) is -3.72. The third-order valence-electron chi connectivity index (χ3n) is 5.50. The van der Waals surface area contributed by atoms with E-state index in [0.717, 1.165) is 25.1 Å². The maximum atomic E-state index is 13.2. The zero-order chi connectivity index (χ0) is 21.8. The first kappa shape index (κ1) is 26.8. The number of benzene rings is 2. The highest BCUT2D eigenvalue weighted by atomic mass is 35.5. The third-order valence-corrected chi connectivity index (χ3v) is 5.50. The maximum Gasteiger partial charge on any atom is 0.453 e. The van der Waals surface area contributed by atoms with Crippen molar-refractivity contribution in [3.63, 3.8) is 0 Å². The smallest absolute Gasteiger partial charge is 0.453 e. The first-order chi connectivity index (χ1) is 15.0. The van der Waals surface area contributed by atoms with Crippen LogP contribution in [0.15, 0.2) is 48.5 Å². The number of tetrazole rings is 1. The molecule has 12 heteroatoms. The number of halogens is 5. The first-order valence-electron chi connectivity index (χ1n) is 9.99.